The zero-order valence-electron chi connectivity index (χ0n) is 10.8. The van der Waals surface area contributed by atoms with E-state index in [0.29, 0.717) is 0 Å². The normalized spacial score (nSPS) is 17.4. The van der Waals surface area contributed by atoms with Crippen LogP contribution in [0.4, 0.5) is 0 Å². The van der Waals surface area contributed by atoms with Crippen molar-refractivity contribution in [1.82, 2.24) is 19.9 Å². The maximum atomic E-state index is 4.54. The minimum absolute atomic E-state index is 0.0150. The van der Waals surface area contributed by atoms with Crippen LogP contribution in [0.25, 0.3) is 0 Å². The Hall–Kier alpha value is -1.68. The molecule has 0 amide bonds. The fourth-order valence-electron chi connectivity index (χ4n) is 2.69. The smallest absolute Gasteiger partial charge is 0.0955 e. The second kappa shape index (κ2) is 4.21. The van der Waals surface area contributed by atoms with Gasteiger partial charge in [0.2, 0.25) is 0 Å². The van der Waals surface area contributed by atoms with Crippen LogP contribution in [-0.4, -0.2) is 21.1 Å². The highest BCUT2D eigenvalue weighted by molar-refractivity contribution is 5.26. The summed E-state index contributed by atoms with van der Waals surface area (Å²) in [6.07, 6.45) is 4.78. The molecule has 0 fully saturated rings. The molecule has 18 heavy (non-hydrogen) atoms. The van der Waals surface area contributed by atoms with Crippen molar-refractivity contribution in [3.8, 4) is 0 Å². The Kier molecular flexibility index (Phi) is 2.67. The van der Waals surface area contributed by atoms with Crippen molar-refractivity contribution in [3.63, 3.8) is 0 Å². The molecule has 1 N–H and O–H groups in total. The number of fused-ring (bicyclic) bond motifs is 1. The molecule has 0 aromatic carbocycles. The first-order valence-corrected chi connectivity index (χ1v) is 6.36. The molecule has 0 atom stereocenters. The summed E-state index contributed by atoms with van der Waals surface area (Å²) in [5, 5.41) is 3.55. The van der Waals surface area contributed by atoms with Gasteiger partial charge in [-0.1, -0.05) is 6.07 Å². The first kappa shape index (κ1) is 11.4. The van der Waals surface area contributed by atoms with Crippen molar-refractivity contribution >= 4 is 0 Å². The third-order valence-corrected chi connectivity index (χ3v) is 3.49. The van der Waals surface area contributed by atoms with E-state index in [0.717, 1.165) is 25.2 Å². The molecule has 4 nitrogen and oxygen atoms in total. The summed E-state index contributed by atoms with van der Waals surface area (Å²) in [5.41, 5.74) is 3.56. The fourth-order valence-corrected chi connectivity index (χ4v) is 2.69. The van der Waals surface area contributed by atoms with Crippen LogP contribution in [0.3, 0.4) is 0 Å². The van der Waals surface area contributed by atoms with Gasteiger partial charge < -0.3 is 9.88 Å². The number of nitrogens with zero attached hydrogens (tertiary/aromatic N) is 3. The van der Waals surface area contributed by atoms with E-state index in [-0.39, 0.29) is 5.54 Å². The molecular weight excluding hydrogens is 224 g/mol. The standard InChI is InChI=1S/C14H18N4/c1-14(2)13-12(6-8-17-14)16-10-18(13)9-11-5-3-4-7-15-11/h3-5,7,10,17H,6,8-9H2,1-2H3. The van der Waals surface area contributed by atoms with E-state index in [1.54, 1.807) is 0 Å². The van der Waals surface area contributed by atoms with Gasteiger partial charge in [-0.2, -0.15) is 0 Å². The second-order valence-electron chi connectivity index (χ2n) is 5.29. The second-order valence-corrected chi connectivity index (χ2v) is 5.29. The Morgan fingerprint density at radius 3 is 3.00 bits per heavy atom. The zero-order valence-corrected chi connectivity index (χ0v) is 10.8. The third kappa shape index (κ3) is 1.93. The van der Waals surface area contributed by atoms with Gasteiger partial charge in [0, 0.05) is 19.2 Å². The summed E-state index contributed by atoms with van der Waals surface area (Å²) in [7, 11) is 0. The summed E-state index contributed by atoms with van der Waals surface area (Å²) < 4.78 is 2.21. The molecule has 0 aliphatic carbocycles. The van der Waals surface area contributed by atoms with Crippen molar-refractivity contribution in [3.05, 3.63) is 47.8 Å². The highest BCUT2D eigenvalue weighted by atomic mass is 15.1. The Morgan fingerprint density at radius 2 is 2.22 bits per heavy atom. The minimum atomic E-state index is -0.0150. The fraction of sp³-hybridized carbons (Fsp3) is 0.429. The lowest BCUT2D eigenvalue weighted by Gasteiger charge is -2.32. The van der Waals surface area contributed by atoms with E-state index in [1.807, 2.05) is 24.7 Å². The van der Waals surface area contributed by atoms with Gasteiger partial charge in [0.05, 0.1) is 35.5 Å². The van der Waals surface area contributed by atoms with Crippen LogP contribution in [0.1, 0.15) is 30.9 Å². The van der Waals surface area contributed by atoms with E-state index in [4.69, 9.17) is 0 Å². The number of nitrogens with one attached hydrogen (secondary N) is 1. The number of aromatic nitrogens is 3. The molecule has 94 valence electrons. The molecule has 2 aromatic rings. The quantitative estimate of drug-likeness (QED) is 0.871. The summed E-state index contributed by atoms with van der Waals surface area (Å²) in [5.74, 6) is 0. The van der Waals surface area contributed by atoms with Crippen molar-refractivity contribution in [2.75, 3.05) is 6.54 Å². The molecule has 0 saturated carbocycles. The summed E-state index contributed by atoms with van der Waals surface area (Å²) in [6.45, 7) is 6.21. The highest BCUT2D eigenvalue weighted by Gasteiger charge is 2.31. The maximum absolute atomic E-state index is 4.54. The first-order valence-electron chi connectivity index (χ1n) is 6.36. The topological polar surface area (TPSA) is 42.7 Å². The highest BCUT2D eigenvalue weighted by Crippen LogP contribution is 2.27. The molecule has 1 aliphatic rings. The molecule has 0 radical (unpaired) electrons. The van der Waals surface area contributed by atoms with Gasteiger partial charge in [0.15, 0.2) is 0 Å². The largest absolute Gasteiger partial charge is 0.327 e. The number of hydrogen-bond acceptors (Lipinski definition) is 3. The molecule has 0 saturated heterocycles. The number of rotatable bonds is 2. The van der Waals surface area contributed by atoms with Gasteiger partial charge in [0.25, 0.3) is 0 Å². The van der Waals surface area contributed by atoms with Crippen molar-refractivity contribution < 1.29 is 0 Å². The van der Waals surface area contributed by atoms with E-state index in [2.05, 4.69) is 39.8 Å². The molecular formula is C14H18N4. The molecule has 0 spiro atoms. The van der Waals surface area contributed by atoms with E-state index in [1.165, 1.54) is 11.4 Å². The van der Waals surface area contributed by atoms with Gasteiger partial charge in [0.1, 0.15) is 0 Å². The van der Waals surface area contributed by atoms with Crippen molar-refractivity contribution in [2.24, 2.45) is 0 Å². The van der Waals surface area contributed by atoms with Crippen LogP contribution >= 0.6 is 0 Å². The molecule has 0 bridgehead atoms. The van der Waals surface area contributed by atoms with Crippen LogP contribution in [0.15, 0.2) is 30.7 Å². The Balaban J connectivity index is 1.97. The van der Waals surface area contributed by atoms with Crippen LogP contribution in [0, 0.1) is 0 Å². The van der Waals surface area contributed by atoms with Gasteiger partial charge >= 0.3 is 0 Å². The van der Waals surface area contributed by atoms with Crippen LogP contribution < -0.4 is 5.32 Å². The Labute approximate surface area is 107 Å². The SMILES string of the molecule is CC1(C)NCCc2ncn(Cc3ccccn3)c21. The predicted octanol–water partition coefficient (Wildman–Crippen LogP) is 1.71. The average molecular weight is 242 g/mol. The minimum Gasteiger partial charge on any atom is -0.327 e. The van der Waals surface area contributed by atoms with E-state index >= 15 is 0 Å². The van der Waals surface area contributed by atoms with Crippen LogP contribution in [0.5, 0.6) is 0 Å². The van der Waals surface area contributed by atoms with E-state index < -0.39 is 0 Å². The van der Waals surface area contributed by atoms with Gasteiger partial charge in [-0.05, 0) is 26.0 Å². The third-order valence-electron chi connectivity index (χ3n) is 3.49. The van der Waals surface area contributed by atoms with Crippen LogP contribution in [0.2, 0.25) is 0 Å². The van der Waals surface area contributed by atoms with Gasteiger partial charge in [-0.3, -0.25) is 4.98 Å². The van der Waals surface area contributed by atoms with Gasteiger partial charge in [-0.15, -0.1) is 0 Å². The molecule has 0 unspecified atom stereocenters. The maximum Gasteiger partial charge on any atom is 0.0955 e. The molecule has 4 heteroatoms. The predicted molar refractivity (Wildman–Crippen MR) is 70.3 cm³/mol. The lowest BCUT2D eigenvalue weighted by Crippen LogP contribution is -2.44. The molecule has 1 aliphatic heterocycles. The Bertz CT molecular complexity index is 542. The number of hydrogen-bond donors (Lipinski definition) is 1. The molecule has 3 rings (SSSR count). The average Bonchev–Trinajstić information content (AvgIpc) is 2.75. The summed E-state index contributed by atoms with van der Waals surface area (Å²) in [6, 6.07) is 6.02. The zero-order chi connectivity index (χ0) is 12.6. The van der Waals surface area contributed by atoms with Crippen LogP contribution in [-0.2, 0) is 18.5 Å². The number of imidazole rings is 1. The number of pyridine rings is 1. The van der Waals surface area contributed by atoms with E-state index in [9.17, 15) is 0 Å². The Morgan fingerprint density at radius 1 is 1.33 bits per heavy atom. The van der Waals surface area contributed by atoms with Crippen molar-refractivity contribution in [1.29, 1.82) is 0 Å². The van der Waals surface area contributed by atoms with Gasteiger partial charge in [-0.25, -0.2) is 4.98 Å². The molecule has 3 heterocycles. The monoisotopic (exact) mass is 242 g/mol. The summed E-state index contributed by atoms with van der Waals surface area (Å²) in [4.78, 5) is 8.92. The van der Waals surface area contributed by atoms with Crippen molar-refractivity contribution in [2.45, 2.75) is 32.4 Å². The lowest BCUT2D eigenvalue weighted by molar-refractivity contribution is 0.356. The summed E-state index contributed by atoms with van der Waals surface area (Å²) >= 11 is 0. The molecule has 2 aromatic heterocycles. The first-order chi connectivity index (χ1) is 8.67. The lowest BCUT2D eigenvalue weighted by atomic mass is 9.93.